The third-order valence-electron chi connectivity index (χ3n) is 5.20. The average Bonchev–Trinajstić information content (AvgIpc) is 2.72. The first-order valence-electron chi connectivity index (χ1n) is 10.1. The van der Waals surface area contributed by atoms with Crippen molar-refractivity contribution in [3.8, 4) is 5.75 Å². The quantitative estimate of drug-likeness (QED) is 0.670. The molecule has 1 heterocycles. The van der Waals surface area contributed by atoms with E-state index < -0.39 is 0 Å². The van der Waals surface area contributed by atoms with Gasteiger partial charge < -0.3 is 10.1 Å². The lowest BCUT2D eigenvalue weighted by molar-refractivity contribution is 0.0922. The summed E-state index contributed by atoms with van der Waals surface area (Å²) in [7, 11) is 1.61. The van der Waals surface area contributed by atoms with Crippen LogP contribution in [0.5, 0.6) is 5.75 Å². The van der Waals surface area contributed by atoms with E-state index in [-0.39, 0.29) is 5.91 Å². The number of hydrogen-bond donors (Lipinski definition) is 1. The Labute approximate surface area is 172 Å². The number of thioether (sulfide) groups is 1. The molecule has 0 fully saturated rings. The number of nitrogens with zero attached hydrogens (tertiary/aromatic N) is 1. The smallest absolute Gasteiger partial charge is 0.255 e. The van der Waals surface area contributed by atoms with Crippen molar-refractivity contribution in [3.05, 3.63) is 59.2 Å². The third kappa shape index (κ3) is 4.89. The number of ether oxygens (including phenoxy) is 1. The van der Waals surface area contributed by atoms with Gasteiger partial charge in [-0.25, -0.2) is 0 Å². The molecule has 0 spiro atoms. The van der Waals surface area contributed by atoms with Crippen LogP contribution in [0.2, 0.25) is 0 Å². The summed E-state index contributed by atoms with van der Waals surface area (Å²) in [5.74, 6) is 1.53. The molecular formula is C23H30N2O2S. The molecule has 4 nitrogen and oxygen atoms in total. The van der Waals surface area contributed by atoms with E-state index in [1.807, 2.05) is 18.2 Å². The van der Waals surface area contributed by atoms with E-state index in [4.69, 9.17) is 4.74 Å². The summed E-state index contributed by atoms with van der Waals surface area (Å²) in [6.45, 7) is 6.95. The zero-order chi connectivity index (χ0) is 19.9. The van der Waals surface area contributed by atoms with Crippen LogP contribution < -0.4 is 10.1 Å². The number of fused-ring (bicyclic) bond motifs is 1. The molecule has 150 valence electrons. The summed E-state index contributed by atoms with van der Waals surface area (Å²) in [4.78, 5) is 16.5. The lowest BCUT2D eigenvalue weighted by atomic mass is 9.93. The topological polar surface area (TPSA) is 41.6 Å². The number of rotatable bonds is 8. The number of hydrogen-bond acceptors (Lipinski definition) is 4. The number of amides is 1. The number of nitrogens with one attached hydrogen (secondary N) is 1. The summed E-state index contributed by atoms with van der Waals surface area (Å²) >= 11 is 1.73. The van der Waals surface area contributed by atoms with E-state index in [1.54, 1.807) is 18.9 Å². The van der Waals surface area contributed by atoms with Gasteiger partial charge in [0.25, 0.3) is 5.91 Å². The largest absolute Gasteiger partial charge is 0.496 e. The molecule has 2 aromatic rings. The highest BCUT2D eigenvalue weighted by Crippen LogP contribution is 2.27. The number of carbonyl (C=O) groups is 1. The predicted molar refractivity (Wildman–Crippen MR) is 116 cm³/mol. The average molecular weight is 399 g/mol. The van der Waals surface area contributed by atoms with Crippen molar-refractivity contribution < 1.29 is 9.53 Å². The van der Waals surface area contributed by atoms with Crippen molar-refractivity contribution >= 4 is 17.7 Å². The van der Waals surface area contributed by atoms with Crippen molar-refractivity contribution in [2.45, 2.75) is 44.2 Å². The van der Waals surface area contributed by atoms with Crippen molar-refractivity contribution in [1.29, 1.82) is 0 Å². The fourth-order valence-corrected chi connectivity index (χ4v) is 4.52. The lowest BCUT2D eigenvalue weighted by Crippen LogP contribution is -2.47. The fourth-order valence-electron chi connectivity index (χ4n) is 3.82. The van der Waals surface area contributed by atoms with Crippen molar-refractivity contribution in [1.82, 2.24) is 10.2 Å². The molecule has 1 atom stereocenters. The predicted octanol–water partition coefficient (Wildman–Crippen LogP) is 4.37. The molecule has 1 amide bonds. The Morgan fingerprint density at radius 2 is 2.00 bits per heavy atom. The van der Waals surface area contributed by atoms with Gasteiger partial charge in [0.15, 0.2) is 0 Å². The van der Waals surface area contributed by atoms with E-state index in [0.29, 0.717) is 23.9 Å². The van der Waals surface area contributed by atoms with Crippen LogP contribution in [-0.2, 0) is 13.0 Å². The number of carbonyl (C=O) groups excluding carboxylic acids is 1. The van der Waals surface area contributed by atoms with Crippen LogP contribution in [-0.4, -0.2) is 42.8 Å². The van der Waals surface area contributed by atoms with Crippen molar-refractivity contribution in [2.75, 3.05) is 26.0 Å². The maximum absolute atomic E-state index is 12.9. The summed E-state index contributed by atoms with van der Waals surface area (Å²) in [5, 5.41) is 3.16. The molecule has 0 saturated carbocycles. The van der Waals surface area contributed by atoms with E-state index in [1.165, 1.54) is 11.1 Å². The Morgan fingerprint density at radius 1 is 1.21 bits per heavy atom. The maximum atomic E-state index is 12.9. The van der Waals surface area contributed by atoms with Crippen LogP contribution in [0.4, 0.5) is 0 Å². The van der Waals surface area contributed by atoms with Crippen LogP contribution in [0, 0.1) is 0 Å². The summed E-state index contributed by atoms with van der Waals surface area (Å²) in [6, 6.07) is 14.8. The van der Waals surface area contributed by atoms with E-state index >= 15 is 0 Å². The van der Waals surface area contributed by atoms with Crippen LogP contribution in [0.3, 0.4) is 0 Å². The normalized spacial score (nSPS) is 16.5. The van der Waals surface area contributed by atoms with E-state index in [2.05, 4.69) is 48.3 Å². The summed E-state index contributed by atoms with van der Waals surface area (Å²) in [6.07, 6.45) is 2.08. The van der Waals surface area contributed by atoms with Gasteiger partial charge in [-0.05, 0) is 54.5 Å². The molecule has 1 aliphatic rings. The summed E-state index contributed by atoms with van der Waals surface area (Å²) < 4.78 is 5.42. The van der Waals surface area contributed by atoms with Crippen LogP contribution in [0.1, 0.15) is 41.8 Å². The van der Waals surface area contributed by atoms with Crippen molar-refractivity contribution in [3.63, 3.8) is 0 Å². The minimum absolute atomic E-state index is 0.0642. The highest BCUT2D eigenvalue weighted by molar-refractivity contribution is 7.99. The molecule has 28 heavy (non-hydrogen) atoms. The number of benzene rings is 2. The molecule has 2 aromatic carbocycles. The fraction of sp³-hybridized carbons (Fsp3) is 0.435. The van der Waals surface area contributed by atoms with Gasteiger partial charge in [-0.2, -0.15) is 0 Å². The first kappa shape index (κ1) is 20.7. The molecular weight excluding hydrogens is 368 g/mol. The minimum atomic E-state index is -0.0642. The third-order valence-corrected chi connectivity index (χ3v) is 6.08. The lowest BCUT2D eigenvalue weighted by Gasteiger charge is -2.37. The second-order valence-corrected chi connectivity index (χ2v) is 8.44. The Kier molecular flexibility index (Phi) is 7.40. The standard InChI is InChI=1S/C23H30N2O2S/c1-4-12-25-16-18-9-7-6-8-17(18)13-19(25)15-24-23(26)21-14-20(28-5-2)10-11-22(21)27-3/h6-11,14,19H,4-5,12-13,15-16H2,1-3H3,(H,24,26)/t19-/m0/s1. The van der Waals surface area contributed by atoms with Gasteiger partial charge >= 0.3 is 0 Å². The summed E-state index contributed by atoms with van der Waals surface area (Å²) in [5.41, 5.74) is 3.41. The SMILES string of the molecule is CCCN1Cc2ccccc2C[C@H]1CNC(=O)c1cc(SCC)ccc1OC. The molecule has 0 saturated heterocycles. The zero-order valence-corrected chi connectivity index (χ0v) is 17.8. The van der Waals surface area contributed by atoms with E-state index in [9.17, 15) is 4.79 Å². The molecule has 1 N–H and O–H groups in total. The van der Waals surface area contributed by atoms with Crippen LogP contribution in [0.15, 0.2) is 47.4 Å². The van der Waals surface area contributed by atoms with Gasteiger partial charge in [0.2, 0.25) is 0 Å². The van der Waals surface area contributed by atoms with Crippen LogP contribution in [0.25, 0.3) is 0 Å². The number of methoxy groups -OCH3 is 1. The molecule has 0 aliphatic carbocycles. The molecule has 0 radical (unpaired) electrons. The highest BCUT2D eigenvalue weighted by atomic mass is 32.2. The molecule has 3 rings (SSSR count). The first-order chi connectivity index (χ1) is 13.7. The Hall–Kier alpha value is -1.98. The van der Waals surface area contributed by atoms with Crippen molar-refractivity contribution in [2.24, 2.45) is 0 Å². The van der Waals surface area contributed by atoms with Gasteiger partial charge in [0.05, 0.1) is 12.7 Å². The monoisotopic (exact) mass is 398 g/mol. The first-order valence-corrected chi connectivity index (χ1v) is 11.0. The molecule has 1 aliphatic heterocycles. The van der Waals surface area contributed by atoms with Gasteiger partial charge in [-0.15, -0.1) is 11.8 Å². The minimum Gasteiger partial charge on any atom is -0.496 e. The Balaban J connectivity index is 1.71. The second kappa shape index (κ2) is 9.99. The van der Waals surface area contributed by atoms with Gasteiger partial charge in [0.1, 0.15) is 5.75 Å². The van der Waals surface area contributed by atoms with Gasteiger partial charge in [0, 0.05) is 24.0 Å². The molecule has 0 aromatic heterocycles. The maximum Gasteiger partial charge on any atom is 0.255 e. The zero-order valence-electron chi connectivity index (χ0n) is 17.0. The Bertz CT molecular complexity index is 809. The van der Waals surface area contributed by atoms with E-state index in [0.717, 1.165) is 36.6 Å². The van der Waals surface area contributed by atoms with Crippen LogP contribution >= 0.6 is 11.8 Å². The second-order valence-electron chi connectivity index (χ2n) is 7.10. The molecule has 0 unspecified atom stereocenters. The van der Waals surface area contributed by atoms with Gasteiger partial charge in [-0.3, -0.25) is 9.69 Å². The highest BCUT2D eigenvalue weighted by Gasteiger charge is 2.26. The van der Waals surface area contributed by atoms with Gasteiger partial charge in [-0.1, -0.05) is 38.1 Å². The molecule has 0 bridgehead atoms. The molecule has 5 heteroatoms. The Morgan fingerprint density at radius 3 is 2.71 bits per heavy atom.